The summed E-state index contributed by atoms with van der Waals surface area (Å²) in [5.41, 5.74) is 0.792. The Kier molecular flexibility index (Phi) is 3.48. The van der Waals surface area contributed by atoms with E-state index < -0.39 is 11.6 Å². The van der Waals surface area contributed by atoms with Gasteiger partial charge in [-0.1, -0.05) is 19.9 Å². The van der Waals surface area contributed by atoms with Crippen molar-refractivity contribution >= 4 is 0 Å². The lowest BCUT2D eigenvalue weighted by atomic mass is 9.71. The van der Waals surface area contributed by atoms with Crippen molar-refractivity contribution in [3.05, 3.63) is 35.4 Å². The fourth-order valence-corrected chi connectivity index (χ4v) is 2.76. The number of hydrogen-bond donors (Lipinski definition) is 1. The smallest absolute Gasteiger partial charge is 0.129 e. The van der Waals surface area contributed by atoms with Crippen LogP contribution in [0.15, 0.2) is 18.2 Å². The highest BCUT2D eigenvalue weighted by Gasteiger charge is 2.37. The number of rotatable bonds is 4. The van der Waals surface area contributed by atoms with Crippen LogP contribution in [0.5, 0.6) is 0 Å². The second-order valence-corrected chi connectivity index (χ2v) is 5.61. The number of nitrogens with one attached hydrogen (secondary N) is 1. The van der Waals surface area contributed by atoms with E-state index in [0.717, 1.165) is 25.6 Å². The standard InChI is InChI=1S/C14H19F2N/c1-10(2)6-14(8-17-9-14)7-11-3-4-12(15)5-13(11)16/h3-5,10,17H,6-9H2,1-2H3. The third-order valence-corrected chi connectivity index (χ3v) is 3.42. The third-order valence-electron chi connectivity index (χ3n) is 3.42. The average molecular weight is 239 g/mol. The zero-order chi connectivity index (χ0) is 12.5. The Hall–Kier alpha value is -0.960. The lowest BCUT2D eigenvalue weighted by Crippen LogP contribution is -2.55. The Labute approximate surface area is 101 Å². The first kappa shape index (κ1) is 12.5. The van der Waals surface area contributed by atoms with Crippen molar-refractivity contribution in [1.82, 2.24) is 5.32 Å². The molecule has 0 saturated carbocycles. The first-order valence-corrected chi connectivity index (χ1v) is 6.15. The van der Waals surface area contributed by atoms with Crippen LogP contribution in [0.2, 0.25) is 0 Å². The van der Waals surface area contributed by atoms with E-state index in [1.54, 1.807) is 6.07 Å². The Bertz CT molecular complexity index is 397. The van der Waals surface area contributed by atoms with Gasteiger partial charge in [0.1, 0.15) is 11.6 Å². The summed E-state index contributed by atoms with van der Waals surface area (Å²) in [7, 11) is 0. The summed E-state index contributed by atoms with van der Waals surface area (Å²) in [5, 5.41) is 3.26. The van der Waals surface area contributed by atoms with Crippen molar-refractivity contribution in [3.8, 4) is 0 Å². The van der Waals surface area contributed by atoms with Crippen LogP contribution in [0, 0.1) is 23.0 Å². The van der Waals surface area contributed by atoms with Gasteiger partial charge in [0, 0.05) is 19.2 Å². The molecule has 0 atom stereocenters. The fourth-order valence-electron chi connectivity index (χ4n) is 2.76. The highest BCUT2D eigenvalue weighted by Crippen LogP contribution is 2.35. The van der Waals surface area contributed by atoms with Gasteiger partial charge in [-0.15, -0.1) is 0 Å². The van der Waals surface area contributed by atoms with Gasteiger partial charge in [-0.2, -0.15) is 0 Å². The van der Waals surface area contributed by atoms with Crippen molar-refractivity contribution in [2.45, 2.75) is 26.7 Å². The Balaban J connectivity index is 2.13. The lowest BCUT2D eigenvalue weighted by molar-refractivity contribution is 0.129. The van der Waals surface area contributed by atoms with E-state index >= 15 is 0 Å². The zero-order valence-electron chi connectivity index (χ0n) is 10.4. The molecule has 1 aliphatic heterocycles. The van der Waals surface area contributed by atoms with Gasteiger partial charge in [-0.25, -0.2) is 8.78 Å². The molecule has 1 saturated heterocycles. The van der Waals surface area contributed by atoms with E-state index in [9.17, 15) is 8.78 Å². The van der Waals surface area contributed by atoms with Gasteiger partial charge in [0.25, 0.3) is 0 Å². The molecule has 0 bridgehead atoms. The summed E-state index contributed by atoms with van der Waals surface area (Å²) < 4.78 is 26.5. The molecular weight excluding hydrogens is 220 g/mol. The summed E-state index contributed by atoms with van der Waals surface area (Å²) in [6.45, 7) is 6.23. The van der Waals surface area contributed by atoms with Gasteiger partial charge in [-0.3, -0.25) is 0 Å². The van der Waals surface area contributed by atoms with Crippen molar-refractivity contribution in [3.63, 3.8) is 0 Å². The van der Waals surface area contributed by atoms with E-state index in [-0.39, 0.29) is 5.41 Å². The molecule has 3 heteroatoms. The maximum atomic E-state index is 13.6. The number of benzene rings is 1. The van der Waals surface area contributed by atoms with Crippen LogP contribution >= 0.6 is 0 Å². The molecular formula is C14H19F2N. The van der Waals surface area contributed by atoms with Crippen LogP contribution in [-0.4, -0.2) is 13.1 Å². The normalized spacial score (nSPS) is 18.2. The second kappa shape index (κ2) is 4.73. The maximum Gasteiger partial charge on any atom is 0.129 e. The number of hydrogen-bond acceptors (Lipinski definition) is 1. The van der Waals surface area contributed by atoms with Gasteiger partial charge in [0.05, 0.1) is 0 Å². The van der Waals surface area contributed by atoms with E-state index in [2.05, 4.69) is 19.2 Å². The second-order valence-electron chi connectivity index (χ2n) is 5.61. The highest BCUT2D eigenvalue weighted by molar-refractivity contribution is 5.21. The molecule has 0 radical (unpaired) electrons. The minimum Gasteiger partial charge on any atom is -0.316 e. The Morgan fingerprint density at radius 1 is 1.29 bits per heavy atom. The molecule has 1 heterocycles. The van der Waals surface area contributed by atoms with E-state index in [4.69, 9.17) is 0 Å². The van der Waals surface area contributed by atoms with Crippen LogP contribution in [0.4, 0.5) is 8.78 Å². The molecule has 94 valence electrons. The zero-order valence-corrected chi connectivity index (χ0v) is 10.4. The quantitative estimate of drug-likeness (QED) is 0.851. The molecule has 2 rings (SSSR count). The van der Waals surface area contributed by atoms with E-state index in [1.165, 1.54) is 6.07 Å². The molecule has 0 spiro atoms. The first-order chi connectivity index (χ1) is 8.01. The van der Waals surface area contributed by atoms with Gasteiger partial charge < -0.3 is 5.32 Å². The van der Waals surface area contributed by atoms with Gasteiger partial charge in [0.2, 0.25) is 0 Å². The van der Waals surface area contributed by atoms with Crippen LogP contribution < -0.4 is 5.32 Å². The topological polar surface area (TPSA) is 12.0 Å². The summed E-state index contributed by atoms with van der Waals surface area (Å²) in [6.07, 6.45) is 1.78. The van der Waals surface area contributed by atoms with Crippen LogP contribution in [-0.2, 0) is 6.42 Å². The first-order valence-electron chi connectivity index (χ1n) is 6.15. The van der Waals surface area contributed by atoms with E-state index in [1.807, 2.05) is 0 Å². The molecule has 1 N–H and O–H groups in total. The van der Waals surface area contributed by atoms with Crippen molar-refractivity contribution in [2.24, 2.45) is 11.3 Å². The minimum absolute atomic E-state index is 0.160. The molecule has 0 aromatic heterocycles. The predicted molar refractivity (Wildman–Crippen MR) is 64.8 cm³/mol. The van der Waals surface area contributed by atoms with E-state index in [0.29, 0.717) is 17.9 Å². The summed E-state index contributed by atoms with van der Waals surface area (Å²) in [6, 6.07) is 3.89. The molecule has 0 amide bonds. The summed E-state index contributed by atoms with van der Waals surface area (Å²) >= 11 is 0. The van der Waals surface area contributed by atoms with Crippen LogP contribution in [0.25, 0.3) is 0 Å². The molecule has 0 aliphatic carbocycles. The molecule has 17 heavy (non-hydrogen) atoms. The molecule has 1 aliphatic rings. The van der Waals surface area contributed by atoms with Crippen LogP contribution in [0.1, 0.15) is 25.8 Å². The fraction of sp³-hybridized carbons (Fsp3) is 0.571. The summed E-state index contributed by atoms with van der Waals surface area (Å²) in [5.74, 6) is -0.323. The van der Waals surface area contributed by atoms with Gasteiger partial charge in [-0.05, 0) is 35.8 Å². The third kappa shape index (κ3) is 2.83. The molecule has 1 aromatic carbocycles. The van der Waals surface area contributed by atoms with Gasteiger partial charge in [0.15, 0.2) is 0 Å². The predicted octanol–water partition coefficient (Wildman–Crippen LogP) is 3.14. The Morgan fingerprint density at radius 2 is 2.00 bits per heavy atom. The minimum atomic E-state index is -0.504. The largest absolute Gasteiger partial charge is 0.316 e. The van der Waals surface area contributed by atoms with Crippen molar-refractivity contribution < 1.29 is 8.78 Å². The molecule has 1 nitrogen and oxygen atoms in total. The average Bonchev–Trinajstić information content (AvgIpc) is 2.18. The van der Waals surface area contributed by atoms with Gasteiger partial charge >= 0.3 is 0 Å². The molecule has 1 aromatic rings. The number of halogens is 2. The SMILES string of the molecule is CC(C)CC1(Cc2ccc(F)cc2F)CNC1. The maximum absolute atomic E-state index is 13.6. The van der Waals surface area contributed by atoms with Crippen molar-refractivity contribution in [1.29, 1.82) is 0 Å². The van der Waals surface area contributed by atoms with Crippen LogP contribution in [0.3, 0.4) is 0 Å². The summed E-state index contributed by atoms with van der Waals surface area (Å²) in [4.78, 5) is 0. The monoisotopic (exact) mass is 239 g/mol. The van der Waals surface area contributed by atoms with Crippen molar-refractivity contribution in [2.75, 3.05) is 13.1 Å². The molecule has 1 fully saturated rings. The highest BCUT2D eigenvalue weighted by atomic mass is 19.1. The molecule has 0 unspecified atom stereocenters. The Morgan fingerprint density at radius 3 is 2.47 bits per heavy atom. The lowest BCUT2D eigenvalue weighted by Gasteiger charge is -2.44.